The molecule has 0 amide bonds. The SMILES string of the molecule is O=S(=O)(O)c1c(F)c(F)c(OS(=O)(=O)c2c(-c3ccc4c(ccc5ccccc54)c3)cccc2-c2ccc3ccc4ccccc4c3c2)c(F)c1F. The van der Waals surface area contributed by atoms with Crippen molar-refractivity contribution in [1.29, 1.82) is 0 Å². The van der Waals surface area contributed by atoms with E-state index in [1.54, 1.807) is 42.5 Å². The van der Waals surface area contributed by atoms with Crippen molar-refractivity contribution < 1.29 is 43.1 Å². The van der Waals surface area contributed by atoms with Crippen LogP contribution in [0.3, 0.4) is 0 Å². The molecule has 0 atom stereocenters. The number of hydrogen-bond donors (Lipinski definition) is 1. The highest BCUT2D eigenvalue weighted by Crippen LogP contribution is 2.42. The fourth-order valence-electron chi connectivity index (χ4n) is 6.65. The van der Waals surface area contributed by atoms with Gasteiger partial charge in [0.25, 0.3) is 0 Å². The van der Waals surface area contributed by atoms with Crippen LogP contribution in [0.25, 0.3) is 65.3 Å². The van der Waals surface area contributed by atoms with Crippen LogP contribution in [0.15, 0.2) is 137 Å². The first-order valence-electron chi connectivity index (χ1n) is 15.6. The van der Waals surface area contributed by atoms with Crippen molar-refractivity contribution >= 4 is 63.3 Å². The average molecular weight is 739 g/mol. The van der Waals surface area contributed by atoms with Crippen molar-refractivity contribution in [3.8, 4) is 28.0 Å². The first-order chi connectivity index (χ1) is 24.8. The highest BCUT2D eigenvalue weighted by Gasteiger charge is 2.36. The molecule has 0 spiro atoms. The molecule has 8 aromatic carbocycles. The summed E-state index contributed by atoms with van der Waals surface area (Å²) < 4.78 is 126. The Morgan fingerprint density at radius 2 is 0.904 bits per heavy atom. The summed E-state index contributed by atoms with van der Waals surface area (Å²) in [5.41, 5.74) is 0.780. The van der Waals surface area contributed by atoms with Gasteiger partial charge in [-0.1, -0.05) is 115 Å². The van der Waals surface area contributed by atoms with Gasteiger partial charge >= 0.3 is 20.2 Å². The Hall–Kier alpha value is -5.82. The van der Waals surface area contributed by atoms with Gasteiger partial charge in [0.15, 0.2) is 16.5 Å². The molecule has 12 heteroatoms. The number of rotatable bonds is 6. The second-order valence-corrected chi connectivity index (χ2v) is 14.9. The van der Waals surface area contributed by atoms with Gasteiger partial charge in [-0.05, 0) is 66.3 Å². The van der Waals surface area contributed by atoms with E-state index < -0.39 is 59.0 Å². The third kappa shape index (κ3) is 5.43. The Balaban J connectivity index is 1.39. The van der Waals surface area contributed by atoms with Gasteiger partial charge < -0.3 is 4.18 Å². The van der Waals surface area contributed by atoms with Gasteiger partial charge in [-0.2, -0.15) is 25.6 Å². The van der Waals surface area contributed by atoms with Crippen LogP contribution in [0.2, 0.25) is 0 Å². The lowest BCUT2D eigenvalue weighted by molar-refractivity contribution is 0.365. The fraction of sp³-hybridized carbons (Fsp3) is 0. The molecule has 0 aliphatic rings. The van der Waals surface area contributed by atoms with Gasteiger partial charge in [-0.25, -0.2) is 8.78 Å². The summed E-state index contributed by atoms with van der Waals surface area (Å²) in [6.45, 7) is 0. The summed E-state index contributed by atoms with van der Waals surface area (Å²) in [7, 11) is -11.2. The minimum absolute atomic E-state index is 0.0295. The van der Waals surface area contributed by atoms with Crippen LogP contribution in [0.4, 0.5) is 17.6 Å². The lowest BCUT2D eigenvalue weighted by Gasteiger charge is -2.18. The highest BCUT2D eigenvalue weighted by atomic mass is 32.2. The van der Waals surface area contributed by atoms with Gasteiger partial charge in [0.2, 0.25) is 17.4 Å². The quantitative estimate of drug-likeness (QED) is 0.0600. The Kier molecular flexibility index (Phi) is 7.79. The molecule has 52 heavy (non-hydrogen) atoms. The monoisotopic (exact) mass is 738 g/mol. The van der Waals surface area contributed by atoms with Crippen LogP contribution in [0.1, 0.15) is 0 Å². The standard InChI is InChI=1S/C40H22F4O6S2/c41-34-36(43)40(51(45,46)47)37(44)35(42)38(34)50-52(48,49)39-31(26-18-19-30-25(20-26)16-14-22-6-1-3-8-28(22)30)10-5-11-32(39)27-17-15-24-13-12-23-7-2-4-9-29(23)33(24)21-27/h1-21H,(H,45,46,47). The highest BCUT2D eigenvalue weighted by molar-refractivity contribution is 7.87. The number of halogens is 4. The van der Waals surface area contributed by atoms with Gasteiger partial charge in [-0.15, -0.1) is 0 Å². The van der Waals surface area contributed by atoms with Gasteiger partial charge in [-0.3, -0.25) is 4.55 Å². The van der Waals surface area contributed by atoms with E-state index in [0.717, 1.165) is 43.1 Å². The molecule has 0 unspecified atom stereocenters. The molecule has 0 fully saturated rings. The first kappa shape index (κ1) is 33.3. The zero-order valence-electron chi connectivity index (χ0n) is 26.4. The van der Waals surface area contributed by atoms with Crippen LogP contribution in [-0.2, 0) is 20.2 Å². The van der Waals surface area contributed by atoms with E-state index in [9.17, 15) is 30.2 Å². The zero-order chi connectivity index (χ0) is 36.5. The molecule has 6 nitrogen and oxygen atoms in total. The predicted octanol–water partition coefficient (Wildman–Crippen LogP) is 10.2. The molecule has 8 rings (SSSR count). The van der Waals surface area contributed by atoms with Gasteiger partial charge in [0.05, 0.1) is 0 Å². The summed E-state index contributed by atoms with van der Waals surface area (Å²) in [5.74, 6) is -12.2. The van der Waals surface area contributed by atoms with Crippen molar-refractivity contribution in [2.75, 3.05) is 0 Å². The molecule has 0 bridgehead atoms. The Morgan fingerprint density at radius 3 is 1.50 bits per heavy atom. The molecule has 0 heterocycles. The van der Waals surface area contributed by atoms with E-state index in [-0.39, 0.29) is 11.1 Å². The van der Waals surface area contributed by atoms with Crippen LogP contribution in [0, 0.1) is 23.3 Å². The van der Waals surface area contributed by atoms with E-state index in [4.69, 9.17) is 4.18 Å². The average Bonchev–Trinajstić information content (AvgIpc) is 3.14. The minimum Gasteiger partial charge on any atom is -0.372 e. The molecule has 0 aliphatic carbocycles. The van der Waals surface area contributed by atoms with E-state index in [1.165, 1.54) is 12.1 Å². The summed E-state index contributed by atoms with van der Waals surface area (Å²) in [4.78, 5) is -2.92. The summed E-state index contributed by atoms with van der Waals surface area (Å²) in [6.07, 6.45) is 0. The topological polar surface area (TPSA) is 97.7 Å². The maximum atomic E-state index is 15.2. The fourth-order valence-corrected chi connectivity index (χ4v) is 8.65. The van der Waals surface area contributed by atoms with E-state index in [0.29, 0.717) is 11.1 Å². The van der Waals surface area contributed by atoms with Crippen LogP contribution < -0.4 is 4.18 Å². The van der Waals surface area contributed by atoms with E-state index in [2.05, 4.69) is 0 Å². The third-order valence-corrected chi connectivity index (χ3v) is 11.2. The molecule has 0 saturated carbocycles. The molecule has 0 radical (unpaired) electrons. The van der Waals surface area contributed by atoms with E-state index >= 15 is 8.78 Å². The second-order valence-electron chi connectivity index (χ2n) is 12.1. The Labute approximate surface area is 294 Å². The molecule has 8 aromatic rings. The Morgan fingerprint density at radius 1 is 0.442 bits per heavy atom. The lowest BCUT2D eigenvalue weighted by Crippen LogP contribution is -2.17. The first-order valence-corrected chi connectivity index (χ1v) is 18.4. The van der Waals surface area contributed by atoms with E-state index in [1.807, 2.05) is 72.8 Å². The Bertz CT molecular complexity index is 3010. The molecule has 0 saturated heterocycles. The largest absolute Gasteiger partial charge is 0.372 e. The predicted molar refractivity (Wildman–Crippen MR) is 191 cm³/mol. The van der Waals surface area contributed by atoms with Crippen molar-refractivity contribution in [2.24, 2.45) is 0 Å². The number of fused-ring (bicyclic) bond motifs is 6. The van der Waals surface area contributed by atoms with Crippen molar-refractivity contribution in [3.05, 3.63) is 151 Å². The number of hydrogen-bond acceptors (Lipinski definition) is 5. The van der Waals surface area contributed by atoms with Gasteiger partial charge in [0.1, 0.15) is 4.90 Å². The molecule has 0 aliphatic heterocycles. The normalized spacial score (nSPS) is 12.2. The van der Waals surface area contributed by atoms with Crippen molar-refractivity contribution in [2.45, 2.75) is 9.79 Å². The molecular weight excluding hydrogens is 717 g/mol. The van der Waals surface area contributed by atoms with Gasteiger partial charge in [0, 0.05) is 11.1 Å². The van der Waals surface area contributed by atoms with Crippen LogP contribution >= 0.6 is 0 Å². The maximum absolute atomic E-state index is 15.2. The second kappa shape index (κ2) is 12.2. The molecule has 0 aromatic heterocycles. The van der Waals surface area contributed by atoms with Crippen molar-refractivity contribution in [1.82, 2.24) is 0 Å². The third-order valence-electron chi connectivity index (χ3n) is 9.01. The molecular formula is C40H22F4O6S2. The molecule has 1 N–H and O–H groups in total. The van der Waals surface area contributed by atoms with Crippen LogP contribution in [0.5, 0.6) is 5.75 Å². The van der Waals surface area contributed by atoms with Crippen LogP contribution in [-0.4, -0.2) is 21.4 Å². The zero-order valence-corrected chi connectivity index (χ0v) is 28.1. The summed E-state index contributed by atoms with van der Waals surface area (Å²) in [6, 6.07) is 37.7. The summed E-state index contributed by atoms with van der Waals surface area (Å²) in [5, 5.41) is 6.94. The summed E-state index contributed by atoms with van der Waals surface area (Å²) >= 11 is 0. The minimum atomic E-state index is -5.81. The maximum Gasteiger partial charge on any atom is 0.340 e. The lowest BCUT2D eigenvalue weighted by atomic mass is 9.93. The number of benzene rings is 8. The van der Waals surface area contributed by atoms with Crippen molar-refractivity contribution in [3.63, 3.8) is 0 Å². The smallest absolute Gasteiger partial charge is 0.340 e. The molecule has 258 valence electrons.